The van der Waals surface area contributed by atoms with Crippen molar-refractivity contribution < 1.29 is 9.53 Å². The van der Waals surface area contributed by atoms with Crippen LogP contribution in [-0.2, 0) is 4.79 Å². The number of amides is 1. The maximum absolute atomic E-state index is 11.7. The predicted molar refractivity (Wildman–Crippen MR) is 91.0 cm³/mol. The lowest BCUT2D eigenvalue weighted by molar-refractivity contribution is -0.123. The molecule has 3 N–H and O–H groups in total. The summed E-state index contributed by atoms with van der Waals surface area (Å²) in [6, 6.07) is 5.81. The van der Waals surface area contributed by atoms with Crippen molar-refractivity contribution in [1.82, 2.24) is 16.2 Å². The Morgan fingerprint density at radius 2 is 2.09 bits per heavy atom. The SMILES string of the molecule is Cc1ccc(Cl)c(OCC(=O)NNC(=S)NC2CCCC2)c1. The van der Waals surface area contributed by atoms with Crippen LogP contribution in [0.3, 0.4) is 0 Å². The van der Waals surface area contributed by atoms with Crippen LogP contribution in [0, 0.1) is 6.92 Å². The fourth-order valence-electron chi connectivity index (χ4n) is 2.32. The van der Waals surface area contributed by atoms with E-state index in [1.165, 1.54) is 12.8 Å². The molecule has 120 valence electrons. The van der Waals surface area contributed by atoms with Gasteiger partial charge in [0.1, 0.15) is 5.75 Å². The molecule has 22 heavy (non-hydrogen) atoms. The van der Waals surface area contributed by atoms with Crippen LogP contribution < -0.4 is 20.9 Å². The van der Waals surface area contributed by atoms with Gasteiger partial charge in [-0.15, -0.1) is 0 Å². The first-order valence-corrected chi connectivity index (χ1v) is 8.07. The van der Waals surface area contributed by atoms with Gasteiger partial charge in [-0.25, -0.2) is 0 Å². The summed E-state index contributed by atoms with van der Waals surface area (Å²) in [5.41, 5.74) is 6.19. The molecule has 0 radical (unpaired) electrons. The lowest BCUT2D eigenvalue weighted by Gasteiger charge is -2.16. The van der Waals surface area contributed by atoms with Gasteiger partial charge in [0.25, 0.3) is 5.91 Å². The van der Waals surface area contributed by atoms with E-state index < -0.39 is 0 Å². The molecule has 1 saturated carbocycles. The highest BCUT2D eigenvalue weighted by Crippen LogP contribution is 2.24. The number of halogens is 1. The summed E-state index contributed by atoms with van der Waals surface area (Å²) in [7, 11) is 0. The third-order valence-electron chi connectivity index (χ3n) is 3.45. The maximum atomic E-state index is 11.7. The summed E-state index contributed by atoms with van der Waals surface area (Å²) in [6.07, 6.45) is 4.67. The van der Waals surface area contributed by atoms with Crippen LogP contribution in [0.25, 0.3) is 0 Å². The van der Waals surface area contributed by atoms with Gasteiger partial charge in [-0.2, -0.15) is 0 Å². The zero-order valence-corrected chi connectivity index (χ0v) is 14.0. The first-order valence-electron chi connectivity index (χ1n) is 7.29. The van der Waals surface area contributed by atoms with Gasteiger partial charge in [0, 0.05) is 6.04 Å². The third-order valence-corrected chi connectivity index (χ3v) is 3.98. The number of thiocarbonyl (C=S) groups is 1. The van der Waals surface area contributed by atoms with E-state index >= 15 is 0 Å². The van der Waals surface area contributed by atoms with Gasteiger partial charge in [0.2, 0.25) is 0 Å². The number of carbonyl (C=O) groups is 1. The Bertz CT molecular complexity index is 548. The van der Waals surface area contributed by atoms with Gasteiger partial charge < -0.3 is 10.1 Å². The fraction of sp³-hybridized carbons (Fsp3) is 0.467. The van der Waals surface area contributed by atoms with Crippen LogP contribution in [0.15, 0.2) is 18.2 Å². The van der Waals surface area contributed by atoms with Crippen molar-refractivity contribution in [2.75, 3.05) is 6.61 Å². The second kappa shape index (κ2) is 8.19. The molecule has 1 aliphatic rings. The summed E-state index contributed by atoms with van der Waals surface area (Å²) >= 11 is 11.1. The number of carbonyl (C=O) groups excluding carboxylic acids is 1. The van der Waals surface area contributed by atoms with Crippen molar-refractivity contribution in [1.29, 1.82) is 0 Å². The Morgan fingerprint density at radius 3 is 2.82 bits per heavy atom. The first kappa shape index (κ1) is 16.8. The van der Waals surface area contributed by atoms with Crippen molar-refractivity contribution in [3.63, 3.8) is 0 Å². The van der Waals surface area contributed by atoms with Crippen LogP contribution in [0.2, 0.25) is 5.02 Å². The number of hydrogen-bond acceptors (Lipinski definition) is 3. The van der Waals surface area contributed by atoms with Crippen LogP contribution in [0.4, 0.5) is 0 Å². The number of hydrazine groups is 1. The van der Waals surface area contributed by atoms with Gasteiger partial charge in [-0.05, 0) is 49.7 Å². The molecule has 0 heterocycles. The highest BCUT2D eigenvalue weighted by molar-refractivity contribution is 7.80. The van der Waals surface area contributed by atoms with Crippen LogP contribution >= 0.6 is 23.8 Å². The monoisotopic (exact) mass is 341 g/mol. The standard InChI is InChI=1S/C15H20ClN3O2S/c1-10-6-7-12(16)13(8-10)21-9-14(20)18-19-15(22)17-11-4-2-3-5-11/h6-8,11H,2-5,9H2,1H3,(H,18,20)(H2,17,19,22). The van der Waals surface area contributed by atoms with E-state index in [-0.39, 0.29) is 12.5 Å². The molecule has 1 aromatic rings. The smallest absolute Gasteiger partial charge is 0.276 e. The Labute approximate surface area is 140 Å². The number of nitrogens with one attached hydrogen (secondary N) is 3. The minimum Gasteiger partial charge on any atom is -0.482 e. The Kier molecular flexibility index (Phi) is 6.27. The fourth-order valence-corrected chi connectivity index (χ4v) is 2.71. The molecule has 0 atom stereocenters. The topological polar surface area (TPSA) is 62.4 Å². The van der Waals surface area contributed by atoms with Crippen LogP contribution in [0.1, 0.15) is 31.2 Å². The lowest BCUT2D eigenvalue weighted by Crippen LogP contribution is -2.50. The molecule has 1 amide bonds. The van der Waals surface area contributed by atoms with Gasteiger partial charge >= 0.3 is 0 Å². The average molecular weight is 342 g/mol. The minimum absolute atomic E-state index is 0.137. The van der Waals surface area contributed by atoms with Crippen molar-refractivity contribution >= 4 is 34.8 Å². The van der Waals surface area contributed by atoms with E-state index in [1.54, 1.807) is 12.1 Å². The first-order chi connectivity index (χ1) is 10.5. The van der Waals surface area contributed by atoms with E-state index in [0.29, 0.717) is 21.9 Å². The quantitative estimate of drug-likeness (QED) is 0.580. The molecule has 5 nitrogen and oxygen atoms in total. The molecule has 1 fully saturated rings. The Hall–Kier alpha value is -1.53. The van der Waals surface area contributed by atoms with E-state index in [9.17, 15) is 4.79 Å². The van der Waals surface area contributed by atoms with E-state index in [0.717, 1.165) is 18.4 Å². The maximum Gasteiger partial charge on any atom is 0.276 e. The number of aryl methyl sites for hydroxylation is 1. The molecule has 0 saturated heterocycles. The van der Waals surface area contributed by atoms with Gasteiger partial charge in [-0.1, -0.05) is 30.5 Å². The van der Waals surface area contributed by atoms with E-state index in [2.05, 4.69) is 16.2 Å². The normalized spacial score (nSPS) is 14.5. The molecular weight excluding hydrogens is 322 g/mol. The van der Waals surface area contributed by atoms with Crippen molar-refractivity contribution in [3.05, 3.63) is 28.8 Å². The van der Waals surface area contributed by atoms with Crippen molar-refractivity contribution in [3.8, 4) is 5.75 Å². The minimum atomic E-state index is -0.326. The largest absolute Gasteiger partial charge is 0.482 e. The van der Waals surface area contributed by atoms with Gasteiger partial charge in [-0.3, -0.25) is 15.6 Å². The highest BCUT2D eigenvalue weighted by Gasteiger charge is 2.15. The van der Waals surface area contributed by atoms with E-state index in [1.807, 2.05) is 13.0 Å². The Morgan fingerprint density at radius 1 is 1.36 bits per heavy atom. The lowest BCUT2D eigenvalue weighted by atomic mass is 10.2. The number of ether oxygens (including phenoxy) is 1. The van der Waals surface area contributed by atoms with E-state index in [4.69, 9.17) is 28.6 Å². The summed E-state index contributed by atoms with van der Waals surface area (Å²) < 4.78 is 5.40. The zero-order valence-electron chi connectivity index (χ0n) is 12.4. The number of benzene rings is 1. The molecule has 0 unspecified atom stereocenters. The predicted octanol–water partition coefficient (Wildman–Crippen LogP) is 2.47. The summed E-state index contributed by atoms with van der Waals surface area (Å²) in [5, 5.41) is 4.07. The average Bonchev–Trinajstić information content (AvgIpc) is 2.99. The number of hydrogen-bond donors (Lipinski definition) is 3. The van der Waals surface area contributed by atoms with Crippen molar-refractivity contribution in [2.45, 2.75) is 38.6 Å². The molecule has 7 heteroatoms. The molecule has 0 aromatic heterocycles. The summed E-state index contributed by atoms with van der Waals surface area (Å²) in [6.45, 7) is 1.79. The van der Waals surface area contributed by atoms with Crippen LogP contribution in [0.5, 0.6) is 5.75 Å². The Balaban J connectivity index is 1.69. The van der Waals surface area contributed by atoms with Gasteiger partial charge in [0.15, 0.2) is 11.7 Å². The van der Waals surface area contributed by atoms with Crippen molar-refractivity contribution in [2.24, 2.45) is 0 Å². The molecular formula is C15H20ClN3O2S. The van der Waals surface area contributed by atoms with Crippen LogP contribution in [-0.4, -0.2) is 23.7 Å². The summed E-state index contributed by atoms with van der Waals surface area (Å²) in [4.78, 5) is 11.7. The number of rotatable bonds is 4. The highest BCUT2D eigenvalue weighted by atomic mass is 35.5. The molecule has 1 aliphatic carbocycles. The summed E-state index contributed by atoms with van der Waals surface area (Å²) in [5.74, 6) is 0.164. The third kappa shape index (κ3) is 5.35. The second-order valence-electron chi connectivity index (χ2n) is 5.35. The van der Waals surface area contributed by atoms with Gasteiger partial charge in [0.05, 0.1) is 5.02 Å². The molecule has 0 aliphatic heterocycles. The molecule has 0 spiro atoms. The molecule has 0 bridgehead atoms. The molecule has 1 aromatic carbocycles. The zero-order chi connectivity index (χ0) is 15.9. The second-order valence-corrected chi connectivity index (χ2v) is 6.17. The molecule has 2 rings (SSSR count).